The molecule has 1 atom stereocenters. The molecule has 0 aromatic heterocycles. The molecular weight excluding hydrogens is 528 g/mol. The largest absolute Gasteiger partial charge is 0.507 e. The number of rotatable bonds is 6. The van der Waals surface area contributed by atoms with Gasteiger partial charge in [0.25, 0.3) is 11.7 Å². The van der Waals surface area contributed by atoms with Gasteiger partial charge in [-0.1, -0.05) is 51.8 Å². The molecule has 3 aromatic carbocycles. The van der Waals surface area contributed by atoms with Gasteiger partial charge in [0, 0.05) is 39.5 Å². The molecule has 0 aliphatic carbocycles. The molecule has 1 heterocycles. The number of carbonyl (C=O) groups is 2. The maximum absolute atomic E-state index is 13.3. The van der Waals surface area contributed by atoms with Gasteiger partial charge in [-0.2, -0.15) is 0 Å². The second kappa shape index (κ2) is 10.3. The van der Waals surface area contributed by atoms with Crippen molar-refractivity contribution >= 4 is 56.4 Å². The van der Waals surface area contributed by atoms with Crippen molar-refractivity contribution in [2.75, 3.05) is 22.9 Å². The lowest BCUT2D eigenvalue weighted by Gasteiger charge is -2.27. The summed E-state index contributed by atoms with van der Waals surface area (Å²) in [5.74, 6) is -1.65. The highest BCUT2D eigenvalue weighted by molar-refractivity contribution is 9.10. The Morgan fingerprint density at radius 2 is 1.71 bits per heavy atom. The summed E-state index contributed by atoms with van der Waals surface area (Å²) in [5, 5.41) is 11.8. The van der Waals surface area contributed by atoms with Gasteiger partial charge < -0.3 is 10.0 Å². The smallest absolute Gasteiger partial charge is 0.300 e. The zero-order chi connectivity index (χ0) is 25.3. The molecule has 1 amide bonds. The predicted octanol–water partition coefficient (Wildman–Crippen LogP) is 6.88. The molecule has 1 N–H and O–H groups in total. The van der Waals surface area contributed by atoms with Crippen LogP contribution in [0.4, 0.5) is 11.4 Å². The number of nitrogens with zero attached hydrogens (tertiary/aromatic N) is 2. The standard InChI is InChI=1S/C28H26BrClN2O3/c1-4-31(5-2)21-12-9-18(10-13-21)25-24(26(33)19-11-14-23(29)17(3)15-19)27(34)28(35)32(25)22-8-6-7-20(30)16-22/h6-16,25,33H,4-5H2,1-3H3/b26-24+. The van der Waals surface area contributed by atoms with Crippen molar-refractivity contribution < 1.29 is 14.7 Å². The lowest BCUT2D eigenvalue weighted by molar-refractivity contribution is -0.132. The van der Waals surface area contributed by atoms with Crippen LogP contribution in [0, 0.1) is 6.92 Å². The molecule has 1 fully saturated rings. The first kappa shape index (κ1) is 25.0. The van der Waals surface area contributed by atoms with E-state index in [9.17, 15) is 14.7 Å². The molecule has 3 aromatic rings. The van der Waals surface area contributed by atoms with Crippen LogP contribution in [0.5, 0.6) is 0 Å². The molecule has 1 saturated heterocycles. The molecule has 1 aliphatic rings. The maximum atomic E-state index is 13.3. The van der Waals surface area contributed by atoms with Crippen LogP contribution in [0.2, 0.25) is 5.02 Å². The number of aryl methyl sites for hydroxylation is 1. The minimum atomic E-state index is -0.803. The molecule has 7 heteroatoms. The zero-order valence-corrected chi connectivity index (χ0v) is 22.1. The average Bonchev–Trinajstić information content (AvgIpc) is 3.12. The third-order valence-electron chi connectivity index (χ3n) is 6.30. The topological polar surface area (TPSA) is 60.9 Å². The van der Waals surface area contributed by atoms with E-state index < -0.39 is 17.7 Å². The molecule has 0 spiro atoms. The summed E-state index contributed by atoms with van der Waals surface area (Å²) in [6.45, 7) is 7.80. The summed E-state index contributed by atoms with van der Waals surface area (Å²) in [7, 11) is 0. The Morgan fingerprint density at radius 1 is 1.03 bits per heavy atom. The zero-order valence-electron chi connectivity index (χ0n) is 19.8. The fourth-order valence-corrected chi connectivity index (χ4v) is 4.88. The van der Waals surface area contributed by atoms with Crippen LogP contribution < -0.4 is 9.80 Å². The van der Waals surface area contributed by atoms with Crippen LogP contribution in [-0.4, -0.2) is 29.9 Å². The molecule has 4 rings (SSSR count). The van der Waals surface area contributed by atoms with Crippen molar-refractivity contribution in [2.24, 2.45) is 0 Å². The van der Waals surface area contributed by atoms with Crippen molar-refractivity contribution in [1.29, 1.82) is 0 Å². The molecule has 0 bridgehead atoms. The predicted molar refractivity (Wildman–Crippen MR) is 145 cm³/mol. The summed E-state index contributed by atoms with van der Waals surface area (Å²) in [6.07, 6.45) is 0. The molecule has 1 aliphatic heterocycles. The lowest BCUT2D eigenvalue weighted by atomic mass is 9.94. The summed E-state index contributed by atoms with van der Waals surface area (Å²) in [5.41, 5.74) is 3.67. The second-order valence-electron chi connectivity index (χ2n) is 8.38. The molecule has 35 heavy (non-hydrogen) atoms. The van der Waals surface area contributed by atoms with Crippen molar-refractivity contribution in [2.45, 2.75) is 26.8 Å². The van der Waals surface area contributed by atoms with E-state index in [1.165, 1.54) is 4.90 Å². The van der Waals surface area contributed by atoms with Crippen LogP contribution in [0.25, 0.3) is 5.76 Å². The van der Waals surface area contributed by atoms with Gasteiger partial charge in [-0.15, -0.1) is 0 Å². The molecule has 1 unspecified atom stereocenters. The SMILES string of the molecule is CCN(CC)c1ccc(C2/C(=C(\O)c3ccc(Br)c(C)c3)C(=O)C(=O)N2c2cccc(Cl)c2)cc1. The summed E-state index contributed by atoms with van der Waals surface area (Å²) < 4.78 is 0.886. The highest BCUT2D eigenvalue weighted by Gasteiger charge is 2.47. The second-order valence-corrected chi connectivity index (χ2v) is 9.67. The Morgan fingerprint density at radius 3 is 2.31 bits per heavy atom. The Labute approximate surface area is 218 Å². The van der Waals surface area contributed by atoms with Crippen molar-refractivity contribution in [1.82, 2.24) is 0 Å². The molecule has 0 radical (unpaired) electrons. The maximum Gasteiger partial charge on any atom is 0.300 e. The number of hydrogen-bond acceptors (Lipinski definition) is 4. The highest BCUT2D eigenvalue weighted by Crippen LogP contribution is 2.43. The normalized spacial score (nSPS) is 17.2. The Kier molecular flexibility index (Phi) is 7.33. The summed E-state index contributed by atoms with van der Waals surface area (Å²) in [6, 6.07) is 19.1. The van der Waals surface area contributed by atoms with Gasteiger partial charge in [-0.3, -0.25) is 14.5 Å². The number of ketones is 1. The minimum absolute atomic E-state index is 0.0484. The molecule has 0 saturated carbocycles. The van der Waals surface area contributed by atoms with Crippen LogP contribution in [0.3, 0.4) is 0 Å². The number of Topliss-reactive ketones (excluding diaryl/α,β-unsaturated/α-hetero) is 1. The van der Waals surface area contributed by atoms with Crippen LogP contribution in [0.1, 0.15) is 36.6 Å². The lowest BCUT2D eigenvalue weighted by Crippen LogP contribution is -2.29. The highest BCUT2D eigenvalue weighted by atomic mass is 79.9. The van der Waals surface area contributed by atoms with E-state index in [1.54, 1.807) is 36.4 Å². The third-order valence-corrected chi connectivity index (χ3v) is 7.42. The fourth-order valence-electron chi connectivity index (χ4n) is 4.44. The Bertz CT molecular complexity index is 1320. The van der Waals surface area contributed by atoms with Crippen LogP contribution in [-0.2, 0) is 9.59 Å². The number of aliphatic hydroxyl groups excluding tert-OH is 1. The van der Waals surface area contributed by atoms with Gasteiger partial charge in [0.05, 0.1) is 11.6 Å². The first-order valence-electron chi connectivity index (χ1n) is 11.4. The van der Waals surface area contributed by atoms with Crippen molar-refractivity contribution in [3.63, 3.8) is 0 Å². The van der Waals surface area contributed by atoms with Crippen LogP contribution in [0.15, 0.2) is 76.8 Å². The molecule has 180 valence electrons. The van der Waals surface area contributed by atoms with E-state index in [1.807, 2.05) is 37.3 Å². The number of hydrogen-bond donors (Lipinski definition) is 1. The fraction of sp³-hybridized carbons (Fsp3) is 0.214. The van der Waals surface area contributed by atoms with Crippen LogP contribution >= 0.6 is 27.5 Å². The van der Waals surface area contributed by atoms with Gasteiger partial charge in [0.2, 0.25) is 0 Å². The molecular formula is C28H26BrClN2O3. The van der Waals surface area contributed by atoms with E-state index in [-0.39, 0.29) is 11.3 Å². The van der Waals surface area contributed by atoms with Gasteiger partial charge in [0.15, 0.2) is 0 Å². The van der Waals surface area contributed by atoms with Gasteiger partial charge in [-0.05, 0) is 74.4 Å². The minimum Gasteiger partial charge on any atom is -0.507 e. The van der Waals surface area contributed by atoms with Gasteiger partial charge >= 0.3 is 0 Å². The number of carbonyl (C=O) groups excluding carboxylic acids is 2. The van der Waals surface area contributed by atoms with Crippen molar-refractivity contribution in [3.05, 3.63) is 98.5 Å². The monoisotopic (exact) mass is 552 g/mol. The average molecular weight is 554 g/mol. The van der Waals surface area contributed by atoms with Crippen molar-refractivity contribution in [3.8, 4) is 0 Å². The number of halogens is 2. The van der Waals surface area contributed by atoms with E-state index >= 15 is 0 Å². The first-order valence-corrected chi connectivity index (χ1v) is 12.6. The van der Waals surface area contributed by atoms with Gasteiger partial charge in [-0.25, -0.2) is 0 Å². The first-order chi connectivity index (χ1) is 16.8. The Balaban J connectivity index is 1.91. The third kappa shape index (κ3) is 4.73. The number of aliphatic hydroxyl groups is 1. The van der Waals surface area contributed by atoms with E-state index in [0.717, 1.165) is 34.4 Å². The number of amides is 1. The van der Waals surface area contributed by atoms with E-state index in [4.69, 9.17) is 11.6 Å². The summed E-state index contributed by atoms with van der Waals surface area (Å²) >= 11 is 9.69. The quantitative estimate of drug-likeness (QED) is 0.205. The molecule has 5 nitrogen and oxygen atoms in total. The number of anilines is 2. The Hall–Kier alpha value is -3.09. The van der Waals surface area contributed by atoms with Gasteiger partial charge in [0.1, 0.15) is 5.76 Å². The number of benzene rings is 3. The van der Waals surface area contributed by atoms with E-state index in [2.05, 4.69) is 34.7 Å². The van der Waals surface area contributed by atoms with E-state index in [0.29, 0.717) is 16.3 Å². The summed E-state index contributed by atoms with van der Waals surface area (Å²) in [4.78, 5) is 30.3.